The summed E-state index contributed by atoms with van der Waals surface area (Å²) in [7, 11) is 1.61. The predicted molar refractivity (Wildman–Crippen MR) is 78.9 cm³/mol. The van der Waals surface area contributed by atoms with Gasteiger partial charge in [0.15, 0.2) is 0 Å². The van der Waals surface area contributed by atoms with Gasteiger partial charge in [0, 0.05) is 41.3 Å². The topological polar surface area (TPSA) is 76.6 Å². The number of H-pyrrole nitrogens is 1. The Kier molecular flexibility index (Phi) is 4.59. The standard InChI is InChI=1S/C14H18N2O3S/c1-9-3-4-13(20-9)11-5-15-6-12(11)14(19)16(2)7-10(18)8-17/h3-6,10,15,17-18H,7-8H2,1-2H3/t10-/m0/s1. The molecule has 0 aliphatic rings. The number of thiophene rings is 1. The average molecular weight is 294 g/mol. The van der Waals surface area contributed by atoms with Crippen molar-refractivity contribution in [3.05, 3.63) is 35.0 Å². The maximum atomic E-state index is 12.4. The van der Waals surface area contributed by atoms with Crippen molar-refractivity contribution >= 4 is 17.2 Å². The maximum absolute atomic E-state index is 12.4. The average Bonchev–Trinajstić information content (AvgIpc) is 3.05. The van der Waals surface area contributed by atoms with E-state index in [0.29, 0.717) is 5.56 Å². The lowest BCUT2D eigenvalue weighted by atomic mass is 10.1. The summed E-state index contributed by atoms with van der Waals surface area (Å²) in [6.45, 7) is 1.76. The molecule has 0 radical (unpaired) electrons. The molecule has 1 amide bonds. The van der Waals surface area contributed by atoms with Crippen LogP contribution >= 0.6 is 11.3 Å². The first-order valence-electron chi connectivity index (χ1n) is 6.31. The highest BCUT2D eigenvalue weighted by atomic mass is 32.1. The number of nitrogens with one attached hydrogen (secondary N) is 1. The van der Waals surface area contributed by atoms with E-state index in [1.165, 1.54) is 9.78 Å². The van der Waals surface area contributed by atoms with E-state index in [0.717, 1.165) is 10.4 Å². The number of amides is 1. The number of aryl methyl sites for hydroxylation is 1. The zero-order chi connectivity index (χ0) is 14.7. The van der Waals surface area contributed by atoms with E-state index in [1.807, 2.05) is 19.1 Å². The third kappa shape index (κ3) is 3.09. The van der Waals surface area contributed by atoms with Gasteiger partial charge < -0.3 is 20.1 Å². The molecule has 0 spiro atoms. The summed E-state index contributed by atoms with van der Waals surface area (Å²) in [5.41, 5.74) is 1.43. The van der Waals surface area contributed by atoms with Gasteiger partial charge in [-0.05, 0) is 19.1 Å². The maximum Gasteiger partial charge on any atom is 0.255 e. The van der Waals surface area contributed by atoms with Gasteiger partial charge in [-0.2, -0.15) is 0 Å². The fourth-order valence-corrected chi connectivity index (χ4v) is 2.88. The summed E-state index contributed by atoms with van der Waals surface area (Å²) >= 11 is 1.63. The van der Waals surface area contributed by atoms with Crippen molar-refractivity contribution in [3.63, 3.8) is 0 Å². The molecule has 0 aliphatic heterocycles. The van der Waals surface area contributed by atoms with E-state index >= 15 is 0 Å². The molecule has 3 N–H and O–H groups in total. The molecule has 5 nitrogen and oxygen atoms in total. The smallest absolute Gasteiger partial charge is 0.255 e. The van der Waals surface area contributed by atoms with Gasteiger partial charge in [-0.1, -0.05) is 0 Å². The van der Waals surface area contributed by atoms with Crippen molar-refractivity contribution in [2.24, 2.45) is 0 Å². The molecule has 6 heteroatoms. The molecule has 1 atom stereocenters. The van der Waals surface area contributed by atoms with Crippen molar-refractivity contribution in [1.82, 2.24) is 9.88 Å². The number of aliphatic hydroxyl groups excluding tert-OH is 2. The number of carbonyl (C=O) groups excluding carboxylic acids is 1. The third-order valence-electron chi connectivity index (χ3n) is 3.02. The highest BCUT2D eigenvalue weighted by Crippen LogP contribution is 2.30. The minimum Gasteiger partial charge on any atom is -0.394 e. The number of rotatable bonds is 5. The molecule has 2 aromatic heterocycles. The fourth-order valence-electron chi connectivity index (χ4n) is 1.99. The molecule has 0 bridgehead atoms. The summed E-state index contributed by atoms with van der Waals surface area (Å²) in [5, 5.41) is 18.3. The zero-order valence-corrected chi connectivity index (χ0v) is 12.3. The molecule has 0 aliphatic carbocycles. The second-order valence-electron chi connectivity index (χ2n) is 4.72. The first kappa shape index (κ1) is 14.8. The predicted octanol–water partition coefficient (Wildman–Crippen LogP) is 1.48. The Hall–Kier alpha value is -1.63. The Morgan fingerprint density at radius 1 is 1.45 bits per heavy atom. The van der Waals surface area contributed by atoms with Crippen LogP contribution in [0.5, 0.6) is 0 Å². The number of likely N-dealkylation sites (N-methyl/N-ethyl adjacent to an activating group) is 1. The summed E-state index contributed by atoms with van der Waals surface area (Å²) in [6, 6.07) is 4.00. The molecule has 2 rings (SSSR count). The second-order valence-corrected chi connectivity index (χ2v) is 6.00. The molecule has 0 unspecified atom stereocenters. The summed E-state index contributed by atoms with van der Waals surface area (Å²) < 4.78 is 0. The summed E-state index contributed by atoms with van der Waals surface area (Å²) in [4.78, 5) is 19.0. The first-order chi connectivity index (χ1) is 9.52. The van der Waals surface area contributed by atoms with Crippen molar-refractivity contribution < 1.29 is 15.0 Å². The van der Waals surface area contributed by atoms with Crippen LogP contribution in [0, 0.1) is 6.92 Å². The molecular weight excluding hydrogens is 276 g/mol. The van der Waals surface area contributed by atoms with Crippen LogP contribution < -0.4 is 0 Å². The van der Waals surface area contributed by atoms with Crippen molar-refractivity contribution in [3.8, 4) is 10.4 Å². The Bertz CT molecular complexity index is 591. The van der Waals surface area contributed by atoms with Crippen LogP contribution in [-0.2, 0) is 0 Å². The van der Waals surface area contributed by atoms with Crippen molar-refractivity contribution in [2.45, 2.75) is 13.0 Å². The Labute approximate surface area is 121 Å². The summed E-state index contributed by atoms with van der Waals surface area (Å²) in [6.07, 6.45) is 2.54. The molecule has 0 fully saturated rings. The molecule has 2 heterocycles. The highest BCUT2D eigenvalue weighted by Gasteiger charge is 2.20. The zero-order valence-electron chi connectivity index (χ0n) is 11.5. The molecule has 2 aromatic rings. The van der Waals surface area contributed by atoms with E-state index < -0.39 is 6.10 Å². The SMILES string of the molecule is Cc1ccc(-c2c[nH]cc2C(=O)N(C)C[C@H](O)CO)s1. The van der Waals surface area contributed by atoms with Crippen LogP contribution in [0.25, 0.3) is 10.4 Å². The minimum atomic E-state index is -0.921. The van der Waals surface area contributed by atoms with E-state index in [9.17, 15) is 9.90 Å². The van der Waals surface area contributed by atoms with Gasteiger partial charge in [0.25, 0.3) is 5.91 Å². The van der Waals surface area contributed by atoms with Crippen LogP contribution in [0.15, 0.2) is 24.5 Å². The second kappa shape index (κ2) is 6.21. The monoisotopic (exact) mass is 294 g/mol. The summed E-state index contributed by atoms with van der Waals surface area (Å²) in [5.74, 6) is -0.181. The Balaban J connectivity index is 2.21. The van der Waals surface area contributed by atoms with Gasteiger partial charge in [0.2, 0.25) is 0 Å². The lowest BCUT2D eigenvalue weighted by Crippen LogP contribution is -2.35. The lowest BCUT2D eigenvalue weighted by Gasteiger charge is -2.19. The number of carbonyl (C=O) groups is 1. The first-order valence-corrected chi connectivity index (χ1v) is 7.12. The number of nitrogens with zero attached hydrogens (tertiary/aromatic N) is 1. The van der Waals surface area contributed by atoms with Gasteiger partial charge in [0.05, 0.1) is 18.3 Å². The van der Waals surface area contributed by atoms with Gasteiger partial charge in [-0.25, -0.2) is 0 Å². The van der Waals surface area contributed by atoms with Crippen molar-refractivity contribution in [1.29, 1.82) is 0 Å². The third-order valence-corrected chi connectivity index (χ3v) is 4.06. The van der Waals surface area contributed by atoms with E-state index in [-0.39, 0.29) is 19.1 Å². The Morgan fingerprint density at radius 2 is 2.20 bits per heavy atom. The van der Waals surface area contributed by atoms with Gasteiger partial charge in [0.1, 0.15) is 0 Å². The highest BCUT2D eigenvalue weighted by molar-refractivity contribution is 7.15. The molecule has 0 saturated heterocycles. The number of aromatic amines is 1. The molecule has 0 aromatic carbocycles. The number of aromatic nitrogens is 1. The van der Waals surface area contributed by atoms with Gasteiger partial charge in [-0.3, -0.25) is 4.79 Å². The normalized spacial score (nSPS) is 12.4. The molecule has 0 saturated carbocycles. The number of hydrogen-bond acceptors (Lipinski definition) is 4. The van der Waals surface area contributed by atoms with E-state index in [1.54, 1.807) is 30.8 Å². The number of aliphatic hydroxyl groups is 2. The largest absolute Gasteiger partial charge is 0.394 e. The molecular formula is C14H18N2O3S. The fraction of sp³-hybridized carbons (Fsp3) is 0.357. The van der Waals surface area contributed by atoms with Crippen LogP contribution in [0.3, 0.4) is 0 Å². The molecule has 20 heavy (non-hydrogen) atoms. The number of hydrogen-bond donors (Lipinski definition) is 3. The molecule has 108 valence electrons. The van der Waals surface area contributed by atoms with Crippen LogP contribution in [0.1, 0.15) is 15.2 Å². The van der Waals surface area contributed by atoms with Gasteiger partial charge >= 0.3 is 0 Å². The van der Waals surface area contributed by atoms with Crippen LogP contribution in [0.4, 0.5) is 0 Å². The van der Waals surface area contributed by atoms with Crippen LogP contribution in [0.2, 0.25) is 0 Å². The Morgan fingerprint density at radius 3 is 2.80 bits per heavy atom. The lowest BCUT2D eigenvalue weighted by molar-refractivity contribution is 0.0521. The van der Waals surface area contributed by atoms with E-state index in [2.05, 4.69) is 4.98 Å². The van der Waals surface area contributed by atoms with Crippen molar-refractivity contribution in [2.75, 3.05) is 20.2 Å². The van der Waals surface area contributed by atoms with Crippen LogP contribution in [-0.4, -0.2) is 52.3 Å². The van der Waals surface area contributed by atoms with Gasteiger partial charge in [-0.15, -0.1) is 11.3 Å². The minimum absolute atomic E-state index is 0.101. The van der Waals surface area contributed by atoms with E-state index in [4.69, 9.17) is 5.11 Å². The quantitative estimate of drug-likeness (QED) is 0.781.